The summed E-state index contributed by atoms with van der Waals surface area (Å²) in [4.78, 5) is 15.5. The molecule has 2 fully saturated rings. The van der Waals surface area contributed by atoms with Crippen molar-refractivity contribution >= 4 is 45.1 Å². The predicted molar refractivity (Wildman–Crippen MR) is 117 cm³/mol. The third-order valence-electron chi connectivity index (χ3n) is 6.49. The van der Waals surface area contributed by atoms with Crippen molar-refractivity contribution in [2.75, 3.05) is 18.0 Å². The number of nitrogens with zero attached hydrogens (tertiary/aromatic N) is 6. The fourth-order valence-electron chi connectivity index (χ4n) is 5.14. The number of hydrogen-bond acceptors (Lipinski definition) is 5. The summed E-state index contributed by atoms with van der Waals surface area (Å²) in [7, 11) is 1.90. The standard InChI is InChI=1S/C21H19ClN8/c1-28-10-15-16(27-28)3-2-13(18(15)22)14-8-25-19-17(14)20-23-4-5-29(20)21(26-19)30-9-11-6-12(30)7-24-11/h2-5,8,10-12,24-25H,6-7,9H2,1H3/t11-,12-/m0/s1. The number of aromatic nitrogens is 6. The number of imidazole rings is 1. The zero-order valence-corrected chi connectivity index (χ0v) is 17.1. The monoisotopic (exact) mass is 418 g/mol. The molecule has 0 unspecified atom stereocenters. The lowest BCUT2D eigenvalue weighted by atomic mass is 10.0. The summed E-state index contributed by atoms with van der Waals surface area (Å²) in [6.07, 6.45) is 8.95. The molecule has 150 valence electrons. The van der Waals surface area contributed by atoms with Gasteiger partial charge in [0.15, 0.2) is 5.65 Å². The number of benzene rings is 1. The Balaban J connectivity index is 1.47. The van der Waals surface area contributed by atoms with Crippen molar-refractivity contribution in [2.45, 2.75) is 18.5 Å². The Hall–Kier alpha value is -3.10. The SMILES string of the molecule is Cn1cc2c(Cl)c(-c3c[nH]c4nc(N5C[C@@H]6C[C@H]5CN6)n5ccnc5c34)ccc2n1. The van der Waals surface area contributed by atoms with Crippen LogP contribution in [0.5, 0.6) is 0 Å². The average Bonchev–Trinajstić information content (AvgIpc) is 3.53. The highest BCUT2D eigenvalue weighted by molar-refractivity contribution is 6.38. The molecule has 2 aliphatic heterocycles. The minimum absolute atomic E-state index is 0.488. The van der Waals surface area contributed by atoms with Crippen molar-refractivity contribution < 1.29 is 0 Å². The van der Waals surface area contributed by atoms with Gasteiger partial charge in [-0.2, -0.15) is 10.1 Å². The third kappa shape index (κ3) is 2.12. The molecule has 2 N–H and O–H groups in total. The maximum atomic E-state index is 6.82. The van der Waals surface area contributed by atoms with E-state index < -0.39 is 0 Å². The third-order valence-corrected chi connectivity index (χ3v) is 6.90. The first-order valence-corrected chi connectivity index (χ1v) is 10.5. The van der Waals surface area contributed by atoms with Gasteiger partial charge in [0.05, 0.1) is 15.9 Å². The molecule has 1 aromatic carbocycles. The van der Waals surface area contributed by atoms with Crippen LogP contribution in [0.3, 0.4) is 0 Å². The normalized spacial score (nSPS) is 21.1. The lowest BCUT2D eigenvalue weighted by molar-refractivity contribution is 0.570. The lowest BCUT2D eigenvalue weighted by Crippen LogP contribution is -2.44. The highest BCUT2D eigenvalue weighted by atomic mass is 35.5. The highest BCUT2D eigenvalue weighted by Gasteiger charge is 2.39. The van der Waals surface area contributed by atoms with Crippen LogP contribution >= 0.6 is 11.6 Å². The quantitative estimate of drug-likeness (QED) is 0.461. The molecule has 7 rings (SSSR count). The van der Waals surface area contributed by atoms with Crippen molar-refractivity contribution in [3.05, 3.63) is 41.9 Å². The molecule has 0 saturated carbocycles. The van der Waals surface area contributed by atoms with E-state index >= 15 is 0 Å². The molecular formula is C21H19ClN8. The Morgan fingerprint density at radius 2 is 2.17 bits per heavy atom. The minimum Gasteiger partial charge on any atom is -0.345 e. The number of piperazine rings is 1. The van der Waals surface area contributed by atoms with Crippen LogP contribution in [-0.4, -0.2) is 54.3 Å². The first-order valence-electron chi connectivity index (χ1n) is 10.1. The van der Waals surface area contributed by atoms with Gasteiger partial charge in [-0.15, -0.1) is 0 Å². The molecule has 2 atom stereocenters. The van der Waals surface area contributed by atoms with Crippen LogP contribution in [0.1, 0.15) is 6.42 Å². The van der Waals surface area contributed by atoms with Gasteiger partial charge < -0.3 is 15.2 Å². The van der Waals surface area contributed by atoms with Crippen LogP contribution in [0.25, 0.3) is 38.7 Å². The van der Waals surface area contributed by atoms with E-state index in [1.165, 1.54) is 6.42 Å². The average molecular weight is 419 g/mol. The van der Waals surface area contributed by atoms with E-state index in [9.17, 15) is 0 Å². The molecule has 0 spiro atoms. The highest BCUT2D eigenvalue weighted by Crippen LogP contribution is 2.39. The second-order valence-electron chi connectivity index (χ2n) is 8.27. The summed E-state index contributed by atoms with van der Waals surface area (Å²) in [5.74, 6) is 0.950. The van der Waals surface area contributed by atoms with Crippen molar-refractivity contribution in [1.82, 2.24) is 34.4 Å². The maximum absolute atomic E-state index is 6.82. The smallest absolute Gasteiger partial charge is 0.213 e. The second kappa shape index (κ2) is 5.74. The number of H-pyrrole nitrogens is 1. The van der Waals surface area contributed by atoms with Crippen molar-refractivity contribution in [3.8, 4) is 11.1 Å². The first-order chi connectivity index (χ1) is 14.7. The van der Waals surface area contributed by atoms with Gasteiger partial charge >= 0.3 is 0 Å². The number of aromatic amines is 1. The van der Waals surface area contributed by atoms with Gasteiger partial charge in [0.2, 0.25) is 5.95 Å². The van der Waals surface area contributed by atoms with Crippen molar-refractivity contribution in [1.29, 1.82) is 0 Å². The molecule has 4 aromatic heterocycles. The summed E-state index contributed by atoms with van der Waals surface area (Å²) in [6.45, 7) is 1.99. The van der Waals surface area contributed by atoms with Gasteiger partial charge in [-0.25, -0.2) is 4.98 Å². The van der Waals surface area contributed by atoms with Gasteiger partial charge in [-0.3, -0.25) is 9.08 Å². The van der Waals surface area contributed by atoms with Gasteiger partial charge in [0.1, 0.15) is 5.65 Å². The Bertz CT molecular complexity index is 1460. The molecule has 0 amide bonds. The summed E-state index contributed by atoms with van der Waals surface area (Å²) < 4.78 is 3.89. The number of halogens is 1. The second-order valence-corrected chi connectivity index (χ2v) is 8.65. The number of fused-ring (bicyclic) bond motifs is 6. The zero-order valence-electron chi connectivity index (χ0n) is 16.3. The molecular weight excluding hydrogens is 400 g/mol. The molecule has 9 heteroatoms. The van der Waals surface area contributed by atoms with Crippen molar-refractivity contribution in [3.63, 3.8) is 0 Å². The van der Waals surface area contributed by atoms with E-state index in [1.54, 1.807) is 4.68 Å². The van der Waals surface area contributed by atoms with Gasteiger partial charge in [0.25, 0.3) is 0 Å². The van der Waals surface area contributed by atoms with Crippen LogP contribution in [0.4, 0.5) is 5.95 Å². The fraction of sp³-hybridized carbons (Fsp3) is 0.286. The molecule has 6 heterocycles. The Kier molecular flexibility index (Phi) is 3.19. The molecule has 2 bridgehead atoms. The Morgan fingerprint density at radius 1 is 1.23 bits per heavy atom. The van der Waals surface area contributed by atoms with Crippen LogP contribution in [-0.2, 0) is 7.05 Å². The van der Waals surface area contributed by atoms with E-state index in [4.69, 9.17) is 21.6 Å². The number of nitrogens with one attached hydrogen (secondary N) is 2. The van der Waals surface area contributed by atoms with Gasteiger partial charge in [-0.1, -0.05) is 17.7 Å². The van der Waals surface area contributed by atoms with Crippen LogP contribution in [0, 0.1) is 0 Å². The van der Waals surface area contributed by atoms with E-state index in [0.717, 1.165) is 57.7 Å². The van der Waals surface area contributed by atoms with E-state index in [0.29, 0.717) is 17.1 Å². The molecule has 2 saturated heterocycles. The number of aryl methyl sites for hydroxylation is 1. The van der Waals surface area contributed by atoms with E-state index in [-0.39, 0.29) is 0 Å². The molecule has 8 nitrogen and oxygen atoms in total. The summed E-state index contributed by atoms with van der Waals surface area (Å²) >= 11 is 6.82. The van der Waals surface area contributed by atoms with Crippen LogP contribution in [0.2, 0.25) is 5.02 Å². The maximum Gasteiger partial charge on any atom is 0.213 e. The van der Waals surface area contributed by atoms with Crippen molar-refractivity contribution in [2.24, 2.45) is 7.05 Å². The topological polar surface area (TPSA) is 79.1 Å². The van der Waals surface area contributed by atoms with Gasteiger partial charge in [-0.05, 0) is 12.5 Å². The molecule has 0 aliphatic carbocycles. The van der Waals surface area contributed by atoms with E-state index in [1.807, 2.05) is 44.0 Å². The number of hydrogen-bond donors (Lipinski definition) is 2. The molecule has 5 aromatic rings. The van der Waals surface area contributed by atoms with Gasteiger partial charge in [0, 0.05) is 73.5 Å². The molecule has 0 radical (unpaired) electrons. The Morgan fingerprint density at radius 3 is 3.00 bits per heavy atom. The fourth-order valence-corrected chi connectivity index (χ4v) is 5.45. The number of rotatable bonds is 2. The summed E-state index contributed by atoms with van der Waals surface area (Å²) in [5.41, 5.74) is 4.56. The van der Waals surface area contributed by atoms with Crippen LogP contribution < -0.4 is 10.2 Å². The molecule has 2 aliphatic rings. The Labute approximate surface area is 176 Å². The first kappa shape index (κ1) is 16.7. The van der Waals surface area contributed by atoms with E-state index in [2.05, 4.69) is 24.7 Å². The molecule has 30 heavy (non-hydrogen) atoms. The minimum atomic E-state index is 0.488. The van der Waals surface area contributed by atoms with Crippen LogP contribution in [0.15, 0.2) is 36.9 Å². The summed E-state index contributed by atoms with van der Waals surface area (Å²) in [6, 6.07) is 5.07. The predicted octanol–water partition coefficient (Wildman–Crippen LogP) is 2.97. The largest absolute Gasteiger partial charge is 0.345 e. The number of anilines is 1. The lowest BCUT2D eigenvalue weighted by Gasteiger charge is -2.28. The zero-order chi connectivity index (χ0) is 20.0. The summed E-state index contributed by atoms with van der Waals surface area (Å²) in [5, 5.41) is 10.6.